The Morgan fingerprint density at radius 1 is 1.67 bits per heavy atom. The molecule has 4 heteroatoms. The molecule has 9 heavy (non-hydrogen) atoms. The highest BCUT2D eigenvalue weighted by Gasteiger charge is 2.38. The van der Waals surface area contributed by atoms with Crippen LogP contribution in [-0.4, -0.2) is 34.9 Å². The summed E-state index contributed by atoms with van der Waals surface area (Å²) in [7, 11) is 0. The molecule has 1 saturated heterocycles. The summed E-state index contributed by atoms with van der Waals surface area (Å²) in [6.45, 7) is 0.755. The van der Waals surface area contributed by atoms with Crippen molar-refractivity contribution in [1.82, 2.24) is 5.32 Å². The van der Waals surface area contributed by atoms with E-state index in [0.717, 1.165) is 0 Å². The minimum atomic E-state index is -1.50. The summed E-state index contributed by atoms with van der Waals surface area (Å²) < 4.78 is 0. The van der Waals surface area contributed by atoms with Gasteiger partial charge in [0.2, 0.25) is 0 Å². The lowest BCUT2D eigenvalue weighted by Gasteiger charge is -2.13. The molecule has 0 aliphatic carbocycles. The predicted octanol–water partition coefficient (Wildman–Crippen LogP) is -1.20. The van der Waals surface area contributed by atoms with E-state index >= 15 is 0 Å². The monoisotopic (exact) mass is 131 g/mol. The Morgan fingerprint density at radius 3 is 2.56 bits per heavy atom. The van der Waals surface area contributed by atoms with Crippen molar-refractivity contribution in [2.24, 2.45) is 0 Å². The van der Waals surface area contributed by atoms with Crippen LogP contribution in [0.15, 0.2) is 0 Å². The lowest BCUT2D eigenvalue weighted by atomic mass is 10.1. The Hall–Kier alpha value is -0.610. The van der Waals surface area contributed by atoms with Gasteiger partial charge in [-0.25, -0.2) is 4.79 Å². The highest BCUT2D eigenvalue weighted by molar-refractivity contribution is 5.77. The third kappa shape index (κ3) is 1.04. The summed E-state index contributed by atoms with van der Waals surface area (Å²) in [6.07, 6.45) is 0.308. The normalized spacial score (nSPS) is 34.8. The molecule has 1 fully saturated rings. The lowest BCUT2D eigenvalue weighted by molar-refractivity contribution is -0.156. The Morgan fingerprint density at radius 2 is 2.33 bits per heavy atom. The number of nitrogens with one attached hydrogen (secondary N) is 1. The molecule has 0 aromatic carbocycles. The van der Waals surface area contributed by atoms with E-state index in [1.165, 1.54) is 0 Å². The van der Waals surface area contributed by atoms with Crippen molar-refractivity contribution >= 4 is 5.97 Å². The average molecular weight is 131 g/mol. The topological polar surface area (TPSA) is 69.6 Å². The van der Waals surface area contributed by atoms with E-state index in [4.69, 9.17) is 10.2 Å². The SMILES string of the molecule is O=C(O)[C@]1(O)CCNC1. The summed E-state index contributed by atoms with van der Waals surface area (Å²) in [5, 5.41) is 20.3. The fourth-order valence-corrected chi connectivity index (χ4v) is 0.861. The van der Waals surface area contributed by atoms with Gasteiger partial charge in [-0.15, -0.1) is 0 Å². The summed E-state index contributed by atoms with van der Waals surface area (Å²) in [4.78, 5) is 10.2. The molecule has 1 aliphatic rings. The molecule has 3 N–H and O–H groups in total. The van der Waals surface area contributed by atoms with Gasteiger partial charge in [-0.05, 0) is 6.54 Å². The molecule has 1 atom stereocenters. The van der Waals surface area contributed by atoms with Gasteiger partial charge in [0.15, 0.2) is 5.60 Å². The minimum absolute atomic E-state index is 0.169. The number of hydrogen-bond donors (Lipinski definition) is 3. The molecule has 0 bridgehead atoms. The first kappa shape index (κ1) is 6.51. The molecule has 1 aliphatic heterocycles. The first-order valence-corrected chi connectivity index (χ1v) is 2.82. The van der Waals surface area contributed by atoms with Gasteiger partial charge in [0, 0.05) is 13.0 Å². The van der Waals surface area contributed by atoms with Gasteiger partial charge < -0.3 is 15.5 Å². The van der Waals surface area contributed by atoms with Crippen LogP contribution in [0.1, 0.15) is 6.42 Å². The van der Waals surface area contributed by atoms with E-state index in [1.807, 2.05) is 0 Å². The summed E-state index contributed by atoms with van der Waals surface area (Å²) >= 11 is 0. The van der Waals surface area contributed by atoms with Crippen molar-refractivity contribution in [3.63, 3.8) is 0 Å². The van der Waals surface area contributed by atoms with Crippen LogP contribution in [0, 0.1) is 0 Å². The van der Waals surface area contributed by atoms with E-state index in [9.17, 15) is 4.79 Å². The average Bonchev–Trinajstić information content (AvgIpc) is 2.16. The van der Waals surface area contributed by atoms with Crippen molar-refractivity contribution < 1.29 is 15.0 Å². The Labute approximate surface area is 52.5 Å². The molecule has 52 valence electrons. The van der Waals surface area contributed by atoms with Crippen molar-refractivity contribution in [2.75, 3.05) is 13.1 Å². The van der Waals surface area contributed by atoms with Crippen LogP contribution < -0.4 is 5.32 Å². The van der Waals surface area contributed by atoms with Crippen molar-refractivity contribution in [1.29, 1.82) is 0 Å². The number of carboxylic acids is 1. The van der Waals surface area contributed by atoms with E-state index in [0.29, 0.717) is 13.0 Å². The molecule has 0 saturated carbocycles. The van der Waals surface area contributed by atoms with Crippen LogP contribution in [0.25, 0.3) is 0 Å². The van der Waals surface area contributed by atoms with Gasteiger partial charge in [0.05, 0.1) is 0 Å². The lowest BCUT2D eigenvalue weighted by Crippen LogP contribution is -2.40. The van der Waals surface area contributed by atoms with Gasteiger partial charge in [0.25, 0.3) is 0 Å². The van der Waals surface area contributed by atoms with Gasteiger partial charge in [0.1, 0.15) is 0 Å². The molecule has 0 radical (unpaired) electrons. The second-order valence-corrected chi connectivity index (χ2v) is 2.26. The van der Waals surface area contributed by atoms with Gasteiger partial charge >= 0.3 is 5.97 Å². The predicted molar refractivity (Wildman–Crippen MR) is 30.1 cm³/mol. The molecule has 0 aromatic rings. The van der Waals surface area contributed by atoms with Crippen LogP contribution in [0.5, 0.6) is 0 Å². The summed E-state index contributed by atoms with van der Waals surface area (Å²) in [5.41, 5.74) is -1.50. The molecule has 4 nitrogen and oxygen atoms in total. The van der Waals surface area contributed by atoms with Gasteiger partial charge in [-0.3, -0.25) is 0 Å². The zero-order valence-corrected chi connectivity index (χ0v) is 4.92. The molecule has 0 aromatic heterocycles. The van der Waals surface area contributed by atoms with Crippen molar-refractivity contribution in [3.8, 4) is 0 Å². The maximum atomic E-state index is 10.2. The number of hydrogen-bond acceptors (Lipinski definition) is 3. The molecule has 1 rings (SSSR count). The molecular formula is C5H9NO3. The van der Waals surface area contributed by atoms with Gasteiger partial charge in [-0.1, -0.05) is 0 Å². The zero-order valence-electron chi connectivity index (χ0n) is 4.92. The van der Waals surface area contributed by atoms with Crippen molar-refractivity contribution in [3.05, 3.63) is 0 Å². The molecular weight excluding hydrogens is 122 g/mol. The fraction of sp³-hybridized carbons (Fsp3) is 0.800. The van der Waals surface area contributed by atoms with Crippen LogP contribution in [0.2, 0.25) is 0 Å². The van der Waals surface area contributed by atoms with E-state index in [2.05, 4.69) is 5.32 Å². The number of β-amino-alcohol motifs (C(OH)–C–C–N with tert-alkyl or cyclic N) is 1. The highest BCUT2D eigenvalue weighted by atomic mass is 16.4. The second-order valence-electron chi connectivity index (χ2n) is 2.26. The Kier molecular flexibility index (Phi) is 1.42. The smallest absolute Gasteiger partial charge is 0.337 e. The van der Waals surface area contributed by atoms with Crippen LogP contribution in [0.4, 0.5) is 0 Å². The fourth-order valence-electron chi connectivity index (χ4n) is 0.861. The first-order chi connectivity index (χ1) is 4.15. The summed E-state index contributed by atoms with van der Waals surface area (Å²) in [5.74, 6) is -1.13. The minimum Gasteiger partial charge on any atom is -0.479 e. The number of carbonyl (C=O) groups is 1. The van der Waals surface area contributed by atoms with E-state index in [-0.39, 0.29) is 6.54 Å². The number of aliphatic carboxylic acids is 1. The van der Waals surface area contributed by atoms with Crippen molar-refractivity contribution in [2.45, 2.75) is 12.0 Å². The molecule has 0 amide bonds. The molecule has 1 heterocycles. The Balaban J connectivity index is 2.61. The highest BCUT2D eigenvalue weighted by Crippen LogP contribution is 2.13. The van der Waals surface area contributed by atoms with Crippen LogP contribution in [-0.2, 0) is 4.79 Å². The number of aliphatic hydroxyl groups is 1. The van der Waals surface area contributed by atoms with Crippen LogP contribution in [0.3, 0.4) is 0 Å². The maximum Gasteiger partial charge on any atom is 0.337 e. The number of rotatable bonds is 1. The summed E-state index contributed by atoms with van der Waals surface area (Å²) in [6, 6.07) is 0. The third-order valence-corrected chi connectivity index (χ3v) is 1.53. The standard InChI is InChI=1S/C5H9NO3/c7-4(8)5(9)1-2-6-3-5/h6,9H,1-3H2,(H,7,8)/t5-/m0/s1. The van der Waals surface area contributed by atoms with E-state index in [1.54, 1.807) is 0 Å². The van der Waals surface area contributed by atoms with Gasteiger partial charge in [-0.2, -0.15) is 0 Å². The Bertz CT molecular complexity index is 128. The van der Waals surface area contributed by atoms with Crippen LogP contribution >= 0.6 is 0 Å². The first-order valence-electron chi connectivity index (χ1n) is 2.82. The zero-order chi connectivity index (χ0) is 6.91. The quantitative estimate of drug-likeness (QED) is 0.418. The second kappa shape index (κ2) is 1.97. The largest absolute Gasteiger partial charge is 0.479 e. The molecule has 0 spiro atoms. The molecule has 0 unspecified atom stereocenters. The number of carboxylic acid groups (broad SMARTS) is 1. The maximum absolute atomic E-state index is 10.2. The van der Waals surface area contributed by atoms with E-state index < -0.39 is 11.6 Å². The third-order valence-electron chi connectivity index (χ3n) is 1.53.